The molecule has 8 nitrogen and oxygen atoms in total. The van der Waals surface area contributed by atoms with Gasteiger partial charge in [0.05, 0.1) is 25.7 Å². The number of amides is 2. The van der Waals surface area contributed by atoms with Crippen LogP contribution >= 0.6 is 23.5 Å². The summed E-state index contributed by atoms with van der Waals surface area (Å²) in [6.07, 6.45) is -0.566. The maximum Gasteiger partial charge on any atom is 0.417 e. The topological polar surface area (TPSA) is 102 Å². The fraction of sp³-hybridized carbons (Fsp3) is 0.276. The molecule has 206 valence electrons. The lowest BCUT2D eigenvalue weighted by atomic mass is 10.1. The first-order valence-electron chi connectivity index (χ1n) is 12.1. The quantitative estimate of drug-likeness (QED) is 0.313. The number of hydrogen-bond acceptors (Lipinski definition) is 8. The average molecular weight is 570 g/mol. The Hall–Kier alpha value is -3.63. The van der Waals surface area contributed by atoms with Crippen LogP contribution in [0.2, 0.25) is 0 Å². The van der Waals surface area contributed by atoms with Crippen molar-refractivity contribution in [2.75, 3.05) is 32.3 Å². The van der Waals surface area contributed by atoms with Gasteiger partial charge >= 0.3 is 12.1 Å². The molecule has 0 spiro atoms. The van der Waals surface area contributed by atoms with E-state index in [4.69, 9.17) is 19.3 Å². The van der Waals surface area contributed by atoms with Gasteiger partial charge in [-0.05, 0) is 41.0 Å². The number of carboxylic acid groups (broad SMARTS) is 1. The highest BCUT2D eigenvalue weighted by atomic mass is 32.2. The van der Waals surface area contributed by atoms with Gasteiger partial charge in [-0.25, -0.2) is 9.69 Å². The molecule has 0 bridgehead atoms. The molecule has 3 aromatic rings. The maximum atomic E-state index is 12.5. The van der Waals surface area contributed by atoms with Gasteiger partial charge in [-0.3, -0.25) is 9.59 Å². The van der Waals surface area contributed by atoms with Crippen molar-refractivity contribution in [3.8, 4) is 11.5 Å². The van der Waals surface area contributed by atoms with Gasteiger partial charge in [0, 0.05) is 11.5 Å². The molecule has 3 aromatic carbocycles. The van der Waals surface area contributed by atoms with Gasteiger partial charge < -0.3 is 19.3 Å². The fourth-order valence-corrected chi connectivity index (χ4v) is 5.19. The standard InChI is InChI=1S/C19H19NO4S.C10H12O3S/c1-23-16-9-7-14(8-10-16)12-25-13-18(21)20-17(11-24-19(20)22)15-5-3-2-4-6-15;1-13-9-4-2-8(3-5-9)6-14-7-10(11)12/h2-10,17H,11-13H2,1H3;2-5H,6-7H2,1H3,(H,11,12)/t17-;/m1./s1. The van der Waals surface area contributed by atoms with Crippen LogP contribution in [0.25, 0.3) is 0 Å². The molecule has 1 aliphatic heterocycles. The number of imide groups is 1. The highest BCUT2D eigenvalue weighted by molar-refractivity contribution is 7.99. The summed E-state index contributed by atoms with van der Waals surface area (Å²) in [4.78, 5) is 36.0. The minimum atomic E-state index is -0.775. The second kappa shape index (κ2) is 15.7. The number of cyclic esters (lactones) is 1. The normalized spacial score (nSPS) is 14.2. The minimum Gasteiger partial charge on any atom is -0.497 e. The molecule has 1 fully saturated rings. The number of aliphatic carboxylic acids is 1. The Morgan fingerprint density at radius 2 is 1.36 bits per heavy atom. The third-order valence-electron chi connectivity index (χ3n) is 5.63. The summed E-state index contributed by atoms with van der Waals surface area (Å²) in [5, 5.41) is 8.43. The number of methoxy groups -OCH3 is 2. The smallest absolute Gasteiger partial charge is 0.417 e. The Kier molecular flexibility index (Phi) is 12.0. The van der Waals surface area contributed by atoms with Crippen molar-refractivity contribution in [1.82, 2.24) is 4.90 Å². The van der Waals surface area contributed by atoms with Gasteiger partial charge in [-0.1, -0.05) is 54.6 Å². The van der Waals surface area contributed by atoms with Gasteiger partial charge in [0.1, 0.15) is 24.1 Å². The Labute approximate surface area is 236 Å². The van der Waals surface area contributed by atoms with E-state index in [2.05, 4.69) is 0 Å². The van der Waals surface area contributed by atoms with Crippen molar-refractivity contribution in [3.63, 3.8) is 0 Å². The van der Waals surface area contributed by atoms with Crippen LogP contribution in [0, 0.1) is 0 Å². The van der Waals surface area contributed by atoms with E-state index in [9.17, 15) is 14.4 Å². The summed E-state index contributed by atoms with van der Waals surface area (Å²) in [6.45, 7) is 0.206. The number of carbonyl (C=O) groups is 3. The van der Waals surface area contributed by atoms with E-state index in [-0.39, 0.29) is 30.1 Å². The third-order valence-corrected chi connectivity index (χ3v) is 7.61. The predicted octanol–water partition coefficient (Wildman–Crippen LogP) is 5.66. The van der Waals surface area contributed by atoms with Crippen molar-refractivity contribution in [1.29, 1.82) is 0 Å². The van der Waals surface area contributed by atoms with Crippen molar-refractivity contribution in [3.05, 3.63) is 95.6 Å². The second-order valence-corrected chi connectivity index (χ2v) is 10.3. The highest BCUT2D eigenvalue weighted by Gasteiger charge is 2.38. The van der Waals surface area contributed by atoms with Gasteiger partial charge in [0.2, 0.25) is 5.91 Å². The number of thioether (sulfide) groups is 2. The first-order chi connectivity index (χ1) is 18.9. The van der Waals surface area contributed by atoms with Crippen LogP contribution in [0.4, 0.5) is 4.79 Å². The molecular weight excluding hydrogens is 538 g/mol. The number of nitrogens with zero attached hydrogens (tertiary/aromatic N) is 1. The fourth-order valence-electron chi connectivity index (χ4n) is 3.64. The van der Waals surface area contributed by atoms with Crippen LogP contribution in [0.1, 0.15) is 22.7 Å². The Morgan fingerprint density at radius 1 is 0.846 bits per heavy atom. The van der Waals surface area contributed by atoms with Crippen LogP contribution in [-0.2, 0) is 25.8 Å². The van der Waals surface area contributed by atoms with Gasteiger partial charge in [-0.15, -0.1) is 23.5 Å². The molecule has 39 heavy (non-hydrogen) atoms. The molecule has 0 unspecified atom stereocenters. The second-order valence-electron chi connectivity index (χ2n) is 8.34. The van der Waals surface area contributed by atoms with Crippen LogP contribution in [0.3, 0.4) is 0 Å². The largest absolute Gasteiger partial charge is 0.497 e. The molecule has 10 heteroatoms. The van der Waals surface area contributed by atoms with Crippen LogP contribution in [0.15, 0.2) is 78.9 Å². The van der Waals surface area contributed by atoms with E-state index in [1.54, 1.807) is 14.2 Å². The minimum absolute atomic E-state index is 0.145. The summed E-state index contributed by atoms with van der Waals surface area (Å²) in [7, 11) is 3.24. The molecule has 1 atom stereocenters. The molecule has 1 N–H and O–H groups in total. The van der Waals surface area contributed by atoms with Crippen molar-refractivity contribution in [2.24, 2.45) is 0 Å². The van der Waals surface area contributed by atoms with E-state index in [0.29, 0.717) is 5.75 Å². The first-order valence-corrected chi connectivity index (χ1v) is 14.4. The molecule has 0 aromatic heterocycles. The van der Waals surface area contributed by atoms with E-state index < -0.39 is 12.1 Å². The zero-order chi connectivity index (χ0) is 28.0. The lowest BCUT2D eigenvalue weighted by molar-refractivity contribution is -0.134. The number of ether oxygens (including phenoxy) is 3. The van der Waals surface area contributed by atoms with E-state index in [1.165, 1.54) is 28.4 Å². The number of carboxylic acids is 1. The molecule has 2 amide bonds. The van der Waals surface area contributed by atoms with E-state index in [1.807, 2.05) is 78.9 Å². The highest BCUT2D eigenvalue weighted by Crippen LogP contribution is 2.28. The summed E-state index contributed by atoms with van der Waals surface area (Å²) in [6, 6.07) is 24.5. The maximum absolute atomic E-state index is 12.5. The van der Waals surface area contributed by atoms with Gasteiger partial charge in [-0.2, -0.15) is 0 Å². The summed E-state index contributed by atoms with van der Waals surface area (Å²) < 4.78 is 15.2. The zero-order valence-corrected chi connectivity index (χ0v) is 23.4. The summed E-state index contributed by atoms with van der Waals surface area (Å²) >= 11 is 2.86. The van der Waals surface area contributed by atoms with Gasteiger partial charge in [0.15, 0.2) is 0 Å². The molecule has 0 saturated carbocycles. The Balaban J connectivity index is 0.000000255. The lowest BCUT2D eigenvalue weighted by Gasteiger charge is -2.19. The first kappa shape index (κ1) is 29.9. The van der Waals surface area contributed by atoms with Gasteiger partial charge in [0.25, 0.3) is 0 Å². The van der Waals surface area contributed by atoms with Crippen LogP contribution in [-0.4, -0.2) is 60.3 Å². The number of carbonyl (C=O) groups excluding carboxylic acids is 2. The predicted molar refractivity (Wildman–Crippen MR) is 153 cm³/mol. The number of rotatable bonds is 11. The number of hydrogen-bond donors (Lipinski definition) is 1. The molecule has 1 heterocycles. The zero-order valence-electron chi connectivity index (χ0n) is 21.8. The molecule has 1 aliphatic rings. The van der Waals surface area contributed by atoms with Crippen molar-refractivity contribution >= 4 is 41.5 Å². The number of benzene rings is 3. The van der Waals surface area contributed by atoms with Crippen LogP contribution in [0.5, 0.6) is 11.5 Å². The summed E-state index contributed by atoms with van der Waals surface area (Å²) in [5.41, 5.74) is 3.11. The van der Waals surface area contributed by atoms with E-state index >= 15 is 0 Å². The third kappa shape index (κ3) is 9.56. The summed E-state index contributed by atoms with van der Waals surface area (Å²) in [5.74, 6) is 2.40. The SMILES string of the molecule is COc1ccc(CSCC(=O)N2C(=O)OC[C@@H]2c2ccccc2)cc1.COc1ccc(CSCC(=O)O)cc1. The van der Waals surface area contributed by atoms with Crippen LogP contribution < -0.4 is 9.47 Å². The molecule has 0 radical (unpaired) electrons. The molecule has 1 saturated heterocycles. The molecule has 4 rings (SSSR count). The molecular formula is C29H31NO7S2. The Bertz CT molecular complexity index is 1200. The van der Waals surface area contributed by atoms with Crippen molar-refractivity contribution < 1.29 is 33.7 Å². The lowest BCUT2D eigenvalue weighted by Crippen LogP contribution is -2.35. The monoisotopic (exact) mass is 569 g/mol. The average Bonchev–Trinajstić information content (AvgIpc) is 3.35. The van der Waals surface area contributed by atoms with Crippen molar-refractivity contribution in [2.45, 2.75) is 17.5 Å². The van der Waals surface area contributed by atoms with E-state index in [0.717, 1.165) is 33.9 Å². The Morgan fingerprint density at radius 3 is 1.85 bits per heavy atom. The molecule has 0 aliphatic carbocycles.